The van der Waals surface area contributed by atoms with E-state index in [0.717, 1.165) is 0 Å². The number of pyridine rings is 1. The van der Waals surface area contributed by atoms with E-state index in [0.29, 0.717) is 11.1 Å². The summed E-state index contributed by atoms with van der Waals surface area (Å²) in [5.74, 6) is 4.65. The van der Waals surface area contributed by atoms with Crippen LogP contribution in [0.2, 0.25) is 0 Å². The minimum atomic E-state index is -0.518. The van der Waals surface area contributed by atoms with Crippen LogP contribution >= 0.6 is 0 Å². The van der Waals surface area contributed by atoms with Gasteiger partial charge in [-0.05, 0) is 19.1 Å². The Bertz CT molecular complexity index is 627. The fraction of sp³-hybridized carbons (Fsp3) is 0.167. The highest BCUT2D eigenvalue weighted by Crippen LogP contribution is 2.11. The van der Waals surface area contributed by atoms with Crippen LogP contribution in [-0.4, -0.2) is 10.5 Å². The Morgan fingerprint density at radius 3 is 3.00 bits per heavy atom. The predicted octanol–water partition coefficient (Wildman–Crippen LogP) is 0.402. The molecule has 0 aliphatic rings. The first-order valence-electron chi connectivity index (χ1n) is 5.37. The van der Waals surface area contributed by atoms with Crippen molar-refractivity contribution in [2.24, 2.45) is 5.84 Å². The number of hydrogen-bond acceptors (Lipinski definition) is 4. The lowest BCUT2D eigenvalue weighted by atomic mass is 10.2. The van der Waals surface area contributed by atoms with Gasteiger partial charge in [0.2, 0.25) is 0 Å². The lowest BCUT2D eigenvalue weighted by Crippen LogP contribution is -2.31. The molecule has 94 valence electrons. The second-order valence-corrected chi connectivity index (χ2v) is 3.87. The van der Waals surface area contributed by atoms with Gasteiger partial charge in [-0.1, -0.05) is 6.07 Å². The van der Waals surface area contributed by atoms with Gasteiger partial charge in [-0.3, -0.25) is 15.0 Å². The van der Waals surface area contributed by atoms with Gasteiger partial charge in [0.05, 0.1) is 12.8 Å². The average Bonchev–Trinajstić information content (AvgIpc) is 2.82. The monoisotopic (exact) mass is 247 g/mol. The lowest BCUT2D eigenvalue weighted by Gasteiger charge is -2.06. The number of nitrogen functional groups attached to an aromatic ring is 1. The molecule has 1 amide bonds. The summed E-state index contributed by atoms with van der Waals surface area (Å²) in [6.45, 7) is 2.00. The molecule has 0 aliphatic heterocycles. The van der Waals surface area contributed by atoms with Gasteiger partial charge < -0.3 is 8.98 Å². The molecule has 18 heavy (non-hydrogen) atoms. The summed E-state index contributed by atoms with van der Waals surface area (Å²) in [5.41, 5.74) is 3.15. The number of nitrogens with zero attached hydrogens (tertiary/aromatic N) is 1. The number of carbonyl (C=O) groups is 1. The molecule has 0 fully saturated rings. The van der Waals surface area contributed by atoms with E-state index in [1.807, 2.05) is 5.43 Å². The molecule has 2 aromatic heterocycles. The van der Waals surface area contributed by atoms with Gasteiger partial charge in [0.25, 0.3) is 5.56 Å². The zero-order valence-electron chi connectivity index (χ0n) is 9.84. The maximum Gasteiger partial charge on any atom is 0.301 e. The van der Waals surface area contributed by atoms with Crippen molar-refractivity contribution in [3.63, 3.8) is 0 Å². The molecular formula is C12H13N3O3. The van der Waals surface area contributed by atoms with Crippen molar-refractivity contribution in [3.8, 4) is 0 Å². The zero-order valence-corrected chi connectivity index (χ0v) is 9.84. The van der Waals surface area contributed by atoms with Crippen LogP contribution in [0.15, 0.2) is 39.9 Å². The smallest absolute Gasteiger partial charge is 0.301 e. The number of nitrogens with two attached hydrogens (primary N) is 1. The number of aryl methyl sites for hydroxylation is 1. The summed E-state index contributed by atoms with van der Waals surface area (Å²) in [4.78, 5) is 23.3. The fourth-order valence-electron chi connectivity index (χ4n) is 1.69. The third-order valence-corrected chi connectivity index (χ3v) is 2.64. The van der Waals surface area contributed by atoms with E-state index in [1.54, 1.807) is 31.3 Å². The maximum absolute atomic E-state index is 11.9. The van der Waals surface area contributed by atoms with Crippen molar-refractivity contribution in [1.29, 1.82) is 0 Å². The van der Waals surface area contributed by atoms with Gasteiger partial charge >= 0.3 is 5.91 Å². The summed E-state index contributed by atoms with van der Waals surface area (Å²) in [6, 6.07) is 5.15. The molecule has 0 aromatic carbocycles. The van der Waals surface area contributed by atoms with Gasteiger partial charge in [0.15, 0.2) is 5.76 Å². The van der Waals surface area contributed by atoms with Crippen molar-refractivity contribution >= 4 is 5.91 Å². The molecule has 2 rings (SSSR count). The number of aromatic nitrogens is 1. The third kappa shape index (κ3) is 2.18. The molecule has 0 saturated carbocycles. The van der Waals surface area contributed by atoms with Gasteiger partial charge in [-0.2, -0.15) is 0 Å². The van der Waals surface area contributed by atoms with Crippen LogP contribution in [-0.2, 0) is 6.54 Å². The highest BCUT2D eigenvalue weighted by atomic mass is 16.3. The molecule has 2 aromatic rings. The number of nitrogens with one attached hydrogen (secondary N) is 1. The number of carbonyl (C=O) groups excluding carboxylic acids is 1. The lowest BCUT2D eigenvalue weighted by molar-refractivity contribution is 0.0924. The van der Waals surface area contributed by atoms with E-state index < -0.39 is 5.91 Å². The van der Waals surface area contributed by atoms with Crippen molar-refractivity contribution in [3.05, 3.63) is 57.9 Å². The van der Waals surface area contributed by atoms with E-state index >= 15 is 0 Å². The molecule has 0 aliphatic carbocycles. The Labute approximate surface area is 103 Å². The first-order chi connectivity index (χ1) is 8.63. The van der Waals surface area contributed by atoms with Crippen molar-refractivity contribution in [1.82, 2.24) is 9.99 Å². The standard InChI is InChI=1S/C12H13N3O3/c1-8-3-2-5-15(12(8)17)7-9-4-6-18-10(9)11(16)14-13/h2-6H,7,13H2,1H3,(H,14,16). The van der Waals surface area contributed by atoms with E-state index in [9.17, 15) is 9.59 Å². The number of hydrazine groups is 1. The summed E-state index contributed by atoms with van der Waals surface area (Å²) >= 11 is 0. The maximum atomic E-state index is 11.9. The molecule has 6 nitrogen and oxygen atoms in total. The number of amides is 1. The molecule has 0 bridgehead atoms. The van der Waals surface area contributed by atoms with Gasteiger partial charge in [0.1, 0.15) is 0 Å². The van der Waals surface area contributed by atoms with E-state index in [4.69, 9.17) is 10.3 Å². The SMILES string of the molecule is Cc1cccn(Cc2ccoc2C(=O)NN)c1=O. The second-order valence-electron chi connectivity index (χ2n) is 3.87. The van der Waals surface area contributed by atoms with Crippen molar-refractivity contribution in [2.75, 3.05) is 0 Å². The quantitative estimate of drug-likeness (QED) is 0.466. The fourth-order valence-corrected chi connectivity index (χ4v) is 1.69. The van der Waals surface area contributed by atoms with Gasteiger partial charge in [-0.25, -0.2) is 5.84 Å². The average molecular weight is 247 g/mol. The van der Waals surface area contributed by atoms with Crippen molar-refractivity contribution in [2.45, 2.75) is 13.5 Å². The van der Waals surface area contributed by atoms with E-state index in [2.05, 4.69) is 0 Å². The summed E-state index contributed by atoms with van der Waals surface area (Å²) in [6.07, 6.45) is 3.05. The molecule has 0 radical (unpaired) electrons. The van der Waals surface area contributed by atoms with Crippen LogP contribution in [0, 0.1) is 6.92 Å². The highest BCUT2D eigenvalue weighted by Gasteiger charge is 2.14. The zero-order chi connectivity index (χ0) is 13.1. The Kier molecular flexibility index (Phi) is 3.29. The van der Waals surface area contributed by atoms with Gasteiger partial charge in [-0.15, -0.1) is 0 Å². The Morgan fingerprint density at radius 1 is 1.50 bits per heavy atom. The molecule has 6 heteroatoms. The van der Waals surface area contributed by atoms with Crippen LogP contribution in [0.25, 0.3) is 0 Å². The van der Waals surface area contributed by atoms with E-state index in [-0.39, 0.29) is 17.9 Å². The van der Waals surface area contributed by atoms with Crippen LogP contribution in [0.5, 0.6) is 0 Å². The predicted molar refractivity (Wildman–Crippen MR) is 64.9 cm³/mol. The molecule has 0 atom stereocenters. The summed E-state index contributed by atoms with van der Waals surface area (Å²) < 4.78 is 6.56. The number of hydrogen-bond donors (Lipinski definition) is 2. The topological polar surface area (TPSA) is 90.3 Å². The third-order valence-electron chi connectivity index (χ3n) is 2.64. The second kappa shape index (κ2) is 4.89. The normalized spacial score (nSPS) is 10.3. The number of furan rings is 1. The highest BCUT2D eigenvalue weighted by molar-refractivity contribution is 5.92. The Hall–Kier alpha value is -2.34. The van der Waals surface area contributed by atoms with Crippen LogP contribution in [0.4, 0.5) is 0 Å². The van der Waals surface area contributed by atoms with Crippen LogP contribution in [0.1, 0.15) is 21.7 Å². The largest absolute Gasteiger partial charge is 0.459 e. The van der Waals surface area contributed by atoms with Gasteiger partial charge in [0, 0.05) is 17.3 Å². The van der Waals surface area contributed by atoms with Crippen molar-refractivity contribution < 1.29 is 9.21 Å². The minimum absolute atomic E-state index is 0.0993. The molecule has 3 N–H and O–H groups in total. The Balaban J connectivity index is 2.35. The molecule has 0 unspecified atom stereocenters. The molecule has 2 heterocycles. The van der Waals surface area contributed by atoms with Crippen LogP contribution < -0.4 is 16.8 Å². The first kappa shape index (κ1) is 12.1. The number of rotatable bonds is 3. The summed E-state index contributed by atoms with van der Waals surface area (Å²) in [5, 5.41) is 0. The summed E-state index contributed by atoms with van der Waals surface area (Å²) in [7, 11) is 0. The van der Waals surface area contributed by atoms with Crippen LogP contribution in [0.3, 0.4) is 0 Å². The molecular weight excluding hydrogens is 234 g/mol. The molecule has 0 spiro atoms. The Morgan fingerprint density at radius 2 is 2.28 bits per heavy atom. The van der Waals surface area contributed by atoms with E-state index in [1.165, 1.54) is 10.8 Å². The molecule has 0 saturated heterocycles. The minimum Gasteiger partial charge on any atom is -0.459 e. The first-order valence-corrected chi connectivity index (χ1v) is 5.37.